The lowest BCUT2D eigenvalue weighted by molar-refractivity contribution is -0.145. The molecule has 0 aromatic rings. The van der Waals surface area contributed by atoms with Crippen LogP contribution >= 0.6 is 11.8 Å². The van der Waals surface area contributed by atoms with Crippen LogP contribution in [0.3, 0.4) is 0 Å². The van der Waals surface area contributed by atoms with Gasteiger partial charge in [-0.15, -0.1) is 0 Å². The molecule has 0 aromatic carbocycles. The van der Waals surface area contributed by atoms with E-state index in [1.807, 2.05) is 18.7 Å². The van der Waals surface area contributed by atoms with Crippen molar-refractivity contribution >= 4 is 23.6 Å². The van der Waals surface area contributed by atoms with Gasteiger partial charge < -0.3 is 10.2 Å². The maximum absolute atomic E-state index is 12.2. The van der Waals surface area contributed by atoms with Crippen LogP contribution in [0.1, 0.15) is 26.2 Å². The molecule has 1 N–H and O–H groups in total. The smallest absolute Gasteiger partial charge is 0.245 e. The summed E-state index contributed by atoms with van der Waals surface area (Å²) in [4.78, 5) is 25.5. The highest BCUT2D eigenvalue weighted by atomic mass is 32.2. The van der Waals surface area contributed by atoms with E-state index in [4.69, 9.17) is 0 Å². The molecule has 2 atom stereocenters. The van der Waals surface area contributed by atoms with Crippen molar-refractivity contribution in [3.63, 3.8) is 0 Å². The van der Waals surface area contributed by atoms with E-state index in [9.17, 15) is 9.59 Å². The van der Waals surface area contributed by atoms with Gasteiger partial charge in [-0.2, -0.15) is 11.8 Å². The van der Waals surface area contributed by atoms with E-state index >= 15 is 0 Å². The highest BCUT2D eigenvalue weighted by Crippen LogP contribution is 2.24. The van der Waals surface area contributed by atoms with Crippen molar-refractivity contribution in [3.05, 3.63) is 0 Å². The van der Waals surface area contributed by atoms with Gasteiger partial charge in [0.15, 0.2) is 0 Å². The van der Waals surface area contributed by atoms with Gasteiger partial charge >= 0.3 is 0 Å². The number of amides is 2. The molecular weight excluding hydrogens is 236 g/mol. The van der Waals surface area contributed by atoms with Crippen LogP contribution in [0.5, 0.6) is 0 Å². The summed E-state index contributed by atoms with van der Waals surface area (Å²) in [5.41, 5.74) is 0. The molecule has 2 aliphatic heterocycles. The molecule has 96 valence electrons. The number of hydrogen-bond donors (Lipinski definition) is 1. The number of carbonyl (C=O) groups excluding carboxylic acids is 2. The fourth-order valence-electron chi connectivity index (χ4n) is 2.45. The SMILES string of the molecule is CCCC1NC(=O)CN(CC2CCSC2)C1=O. The summed E-state index contributed by atoms with van der Waals surface area (Å²) in [6, 6.07) is -0.282. The van der Waals surface area contributed by atoms with Gasteiger partial charge in [0, 0.05) is 6.54 Å². The maximum Gasteiger partial charge on any atom is 0.245 e. The second-order valence-electron chi connectivity index (χ2n) is 4.86. The summed E-state index contributed by atoms with van der Waals surface area (Å²) >= 11 is 1.95. The van der Waals surface area contributed by atoms with Crippen molar-refractivity contribution in [2.75, 3.05) is 24.6 Å². The molecular formula is C12H20N2O2S. The van der Waals surface area contributed by atoms with Crippen LogP contribution < -0.4 is 5.32 Å². The Kier molecular flexibility index (Phi) is 4.31. The third kappa shape index (κ3) is 3.15. The molecule has 2 rings (SSSR count). The summed E-state index contributed by atoms with van der Waals surface area (Å²) in [5.74, 6) is 3.01. The number of rotatable bonds is 4. The quantitative estimate of drug-likeness (QED) is 0.812. The van der Waals surface area contributed by atoms with Gasteiger partial charge in [0.05, 0.1) is 6.54 Å². The van der Waals surface area contributed by atoms with E-state index in [1.54, 1.807) is 4.90 Å². The van der Waals surface area contributed by atoms with Gasteiger partial charge in [-0.3, -0.25) is 9.59 Å². The topological polar surface area (TPSA) is 49.4 Å². The van der Waals surface area contributed by atoms with Crippen molar-refractivity contribution in [2.45, 2.75) is 32.2 Å². The van der Waals surface area contributed by atoms with Crippen LogP contribution in [0.25, 0.3) is 0 Å². The minimum atomic E-state index is -0.282. The number of carbonyl (C=O) groups is 2. The normalized spacial score (nSPS) is 29.6. The summed E-state index contributed by atoms with van der Waals surface area (Å²) in [6.45, 7) is 3.05. The Balaban J connectivity index is 1.94. The predicted octanol–water partition coefficient (Wildman–Crippen LogP) is 0.867. The van der Waals surface area contributed by atoms with Crippen molar-refractivity contribution in [3.8, 4) is 0 Å². The molecule has 4 nitrogen and oxygen atoms in total. The molecule has 0 radical (unpaired) electrons. The second-order valence-corrected chi connectivity index (χ2v) is 6.01. The third-order valence-electron chi connectivity index (χ3n) is 3.36. The molecule has 17 heavy (non-hydrogen) atoms. The Morgan fingerprint density at radius 1 is 1.47 bits per heavy atom. The number of nitrogens with zero attached hydrogens (tertiary/aromatic N) is 1. The summed E-state index contributed by atoms with van der Waals surface area (Å²) in [6.07, 6.45) is 2.85. The van der Waals surface area contributed by atoms with Crippen LogP contribution in [0, 0.1) is 5.92 Å². The minimum Gasteiger partial charge on any atom is -0.343 e. The Labute approximate surface area is 106 Å². The van der Waals surface area contributed by atoms with Crippen molar-refractivity contribution in [2.24, 2.45) is 5.92 Å². The summed E-state index contributed by atoms with van der Waals surface area (Å²) in [7, 11) is 0. The Morgan fingerprint density at radius 2 is 2.29 bits per heavy atom. The van der Waals surface area contributed by atoms with Gasteiger partial charge in [0.2, 0.25) is 11.8 Å². The fourth-order valence-corrected chi connectivity index (χ4v) is 3.72. The molecule has 5 heteroatoms. The van der Waals surface area contributed by atoms with Crippen LogP contribution in [0.15, 0.2) is 0 Å². The van der Waals surface area contributed by atoms with Gasteiger partial charge in [-0.05, 0) is 30.3 Å². The molecule has 2 aliphatic rings. The van der Waals surface area contributed by atoms with Crippen molar-refractivity contribution in [1.29, 1.82) is 0 Å². The zero-order valence-corrected chi connectivity index (χ0v) is 11.1. The molecule has 2 saturated heterocycles. The standard InChI is InChI=1S/C12H20N2O2S/c1-2-3-10-12(16)14(7-11(15)13-10)6-9-4-5-17-8-9/h9-10H,2-8H2,1H3,(H,13,15). The van der Waals surface area contributed by atoms with E-state index in [1.165, 1.54) is 12.2 Å². The van der Waals surface area contributed by atoms with E-state index in [2.05, 4.69) is 5.32 Å². The van der Waals surface area contributed by atoms with E-state index in [0.717, 1.165) is 25.1 Å². The molecule has 0 saturated carbocycles. The molecule has 0 aliphatic carbocycles. The molecule has 2 amide bonds. The number of piperazine rings is 1. The van der Waals surface area contributed by atoms with Crippen LogP contribution in [0.4, 0.5) is 0 Å². The number of nitrogens with one attached hydrogen (secondary N) is 1. The average Bonchev–Trinajstić information content (AvgIpc) is 2.78. The second kappa shape index (κ2) is 5.76. The summed E-state index contributed by atoms with van der Waals surface area (Å²) < 4.78 is 0. The average molecular weight is 256 g/mol. The van der Waals surface area contributed by atoms with Crippen LogP contribution in [0.2, 0.25) is 0 Å². The molecule has 0 bridgehead atoms. The van der Waals surface area contributed by atoms with E-state index < -0.39 is 0 Å². The van der Waals surface area contributed by atoms with Gasteiger partial charge in [-0.1, -0.05) is 13.3 Å². The first-order valence-electron chi connectivity index (χ1n) is 6.36. The Hall–Kier alpha value is -0.710. The Bertz CT molecular complexity index is 303. The van der Waals surface area contributed by atoms with Crippen LogP contribution in [-0.2, 0) is 9.59 Å². The predicted molar refractivity (Wildman–Crippen MR) is 68.9 cm³/mol. The largest absolute Gasteiger partial charge is 0.343 e. The fraction of sp³-hybridized carbons (Fsp3) is 0.833. The van der Waals surface area contributed by atoms with Gasteiger partial charge in [0.25, 0.3) is 0 Å². The number of thioether (sulfide) groups is 1. The first-order valence-corrected chi connectivity index (χ1v) is 7.52. The molecule has 2 heterocycles. The third-order valence-corrected chi connectivity index (χ3v) is 4.59. The van der Waals surface area contributed by atoms with E-state index in [0.29, 0.717) is 5.92 Å². The first-order chi connectivity index (χ1) is 8.20. The Morgan fingerprint density at radius 3 is 2.94 bits per heavy atom. The minimum absolute atomic E-state index is 0.00583. The molecule has 0 aromatic heterocycles. The van der Waals surface area contributed by atoms with Gasteiger partial charge in [-0.25, -0.2) is 0 Å². The van der Waals surface area contributed by atoms with E-state index in [-0.39, 0.29) is 24.4 Å². The molecule has 2 fully saturated rings. The summed E-state index contributed by atoms with van der Waals surface area (Å²) in [5, 5.41) is 2.79. The highest BCUT2D eigenvalue weighted by molar-refractivity contribution is 7.99. The molecule has 2 unspecified atom stereocenters. The van der Waals surface area contributed by atoms with Gasteiger partial charge in [0.1, 0.15) is 6.04 Å². The monoisotopic (exact) mass is 256 g/mol. The first kappa shape index (κ1) is 12.7. The number of hydrogen-bond acceptors (Lipinski definition) is 3. The lowest BCUT2D eigenvalue weighted by Crippen LogP contribution is -2.58. The van der Waals surface area contributed by atoms with Crippen LogP contribution in [-0.4, -0.2) is 47.4 Å². The lowest BCUT2D eigenvalue weighted by Gasteiger charge is -2.33. The van der Waals surface area contributed by atoms with Crippen molar-refractivity contribution in [1.82, 2.24) is 10.2 Å². The maximum atomic E-state index is 12.2. The highest BCUT2D eigenvalue weighted by Gasteiger charge is 2.33. The van der Waals surface area contributed by atoms with Crippen molar-refractivity contribution < 1.29 is 9.59 Å². The molecule has 0 spiro atoms. The zero-order valence-electron chi connectivity index (χ0n) is 10.3. The zero-order chi connectivity index (χ0) is 12.3. The lowest BCUT2D eigenvalue weighted by atomic mass is 10.0.